The number of amides is 1. The molecule has 35 heavy (non-hydrogen) atoms. The summed E-state index contributed by atoms with van der Waals surface area (Å²) >= 11 is 5.75. The molecule has 9 heteroatoms. The third kappa shape index (κ3) is 5.65. The summed E-state index contributed by atoms with van der Waals surface area (Å²) in [7, 11) is 0. The second-order valence-corrected chi connectivity index (χ2v) is 9.51. The molecule has 0 spiro atoms. The Morgan fingerprint density at radius 2 is 1.66 bits per heavy atom. The van der Waals surface area contributed by atoms with Crippen LogP contribution in [0.15, 0.2) is 54.9 Å². The van der Waals surface area contributed by atoms with Crippen LogP contribution in [0.3, 0.4) is 0 Å². The van der Waals surface area contributed by atoms with E-state index < -0.39 is 18.0 Å². The van der Waals surface area contributed by atoms with Crippen molar-refractivity contribution in [2.75, 3.05) is 0 Å². The summed E-state index contributed by atoms with van der Waals surface area (Å²) in [5.74, 6) is 0.671. The normalized spacial score (nSPS) is 18.3. The summed E-state index contributed by atoms with van der Waals surface area (Å²) in [6, 6.07) is 15.6. The van der Waals surface area contributed by atoms with Crippen LogP contribution in [0.2, 0.25) is 5.15 Å². The minimum Gasteiger partial charge on any atom is -0.490 e. The number of halogens is 2. The number of rotatable bonds is 8. The fourth-order valence-electron chi connectivity index (χ4n) is 4.12. The number of hydrogen-bond acceptors (Lipinski definition) is 5. The average Bonchev–Trinajstić information content (AvgIpc) is 2.80. The molecule has 1 aromatic heterocycles. The maximum atomic E-state index is 14.2. The third-order valence-corrected chi connectivity index (χ3v) is 6.61. The zero-order valence-corrected chi connectivity index (χ0v) is 20.4. The molecule has 184 valence electrons. The molecule has 1 heterocycles. The van der Waals surface area contributed by atoms with Crippen molar-refractivity contribution in [2.45, 2.75) is 57.3 Å². The Kier molecular flexibility index (Phi) is 7.12. The molecule has 0 saturated heterocycles. The van der Waals surface area contributed by atoms with Gasteiger partial charge in [-0.25, -0.2) is 19.2 Å². The van der Waals surface area contributed by atoms with Crippen LogP contribution in [0.25, 0.3) is 0 Å². The topological polar surface area (TPSA) is 93.6 Å². The first-order valence-electron chi connectivity index (χ1n) is 11.3. The molecule has 0 radical (unpaired) electrons. The lowest BCUT2D eigenvalue weighted by Crippen LogP contribution is -2.48. The van der Waals surface area contributed by atoms with Crippen LogP contribution >= 0.6 is 11.6 Å². The number of ether oxygens (including phenoxy) is 2. The predicted octanol–water partition coefficient (Wildman–Crippen LogP) is 5.91. The third-order valence-electron chi connectivity index (χ3n) is 6.35. The highest BCUT2D eigenvalue weighted by Gasteiger charge is 2.32. The van der Waals surface area contributed by atoms with Crippen LogP contribution in [0.5, 0.6) is 11.5 Å². The highest BCUT2D eigenvalue weighted by Crippen LogP contribution is 2.35. The van der Waals surface area contributed by atoms with Crippen molar-refractivity contribution in [1.29, 1.82) is 0 Å². The highest BCUT2D eigenvalue weighted by molar-refractivity contribution is 6.29. The Bertz CT molecular complexity index is 1180. The first kappa shape index (κ1) is 24.7. The van der Waals surface area contributed by atoms with E-state index >= 15 is 0 Å². The van der Waals surface area contributed by atoms with Gasteiger partial charge in [-0.2, -0.15) is 0 Å². The van der Waals surface area contributed by atoms with Crippen LogP contribution in [0.1, 0.15) is 56.5 Å². The Hall–Kier alpha value is -3.39. The molecule has 4 rings (SSSR count). The molecule has 1 saturated carbocycles. The number of nitrogens with one attached hydrogen (secondary N) is 1. The Morgan fingerprint density at radius 3 is 2.23 bits per heavy atom. The summed E-state index contributed by atoms with van der Waals surface area (Å²) in [5.41, 5.74) is 2.03. The Labute approximate surface area is 208 Å². The molecule has 1 atom stereocenters. The number of benzene rings is 2. The average molecular weight is 500 g/mol. The second-order valence-electron chi connectivity index (χ2n) is 9.16. The van der Waals surface area contributed by atoms with Gasteiger partial charge in [-0.05, 0) is 42.3 Å². The summed E-state index contributed by atoms with van der Waals surface area (Å²) < 4.78 is 26.0. The van der Waals surface area contributed by atoms with Gasteiger partial charge in [-0.1, -0.05) is 49.7 Å². The van der Waals surface area contributed by atoms with E-state index in [1.807, 2.05) is 48.5 Å². The predicted molar refractivity (Wildman–Crippen MR) is 130 cm³/mol. The monoisotopic (exact) mass is 499 g/mol. The first-order valence-corrected chi connectivity index (χ1v) is 11.7. The lowest BCUT2D eigenvalue weighted by molar-refractivity contribution is 0.0833. The maximum absolute atomic E-state index is 14.2. The van der Waals surface area contributed by atoms with E-state index in [0.29, 0.717) is 18.6 Å². The van der Waals surface area contributed by atoms with E-state index in [0.717, 1.165) is 16.9 Å². The molecule has 3 aromatic rings. The van der Waals surface area contributed by atoms with E-state index in [9.17, 15) is 9.18 Å². The lowest BCUT2D eigenvalue weighted by Gasteiger charge is -2.35. The van der Waals surface area contributed by atoms with Gasteiger partial charge in [0, 0.05) is 24.3 Å². The van der Waals surface area contributed by atoms with Gasteiger partial charge in [-0.15, -0.1) is 0 Å². The standard InChI is InChI=1S/C26H27ClFN3O4/c1-15(23-22(28)24(27)30-14-29-23)34-19-8-4-16(5-9-19)26(2,3)17-6-10-20(11-7-17)35-21-12-18(13-21)31-25(32)33/h4-11,14-15,18,21,31H,12-13H2,1-3H3,(H,32,33). The quantitative estimate of drug-likeness (QED) is 0.374. The molecule has 1 unspecified atom stereocenters. The molecule has 0 aliphatic heterocycles. The zero-order valence-electron chi connectivity index (χ0n) is 19.7. The smallest absolute Gasteiger partial charge is 0.404 e. The molecule has 2 N–H and O–H groups in total. The molecule has 7 nitrogen and oxygen atoms in total. The van der Waals surface area contributed by atoms with Crippen molar-refractivity contribution in [1.82, 2.24) is 15.3 Å². The summed E-state index contributed by atoms with van der Waals surface area (Å²) in [4.78, 5) is 18.3. The fourth-order valence-corrected chi connectivity index (χ4v) is 4.26. The van der Waals surface area contributed by atoms with Crippen LogP contribution in [0, 0.1) is 5.82 Å². The van der Waals surface area contributed by atoms with Gasteiger partial charge in [0.05, 0.1) is 0 Å². The van der Waals surface area contributed by atoms with Crippen molar-refractivity contribution in [3.8, 4) is 11.5 Å². The van der Waals surface area contributed by atoms with Crippen LogP contribution in [-0.2, 0) is 5.41 Å². The molecule has 1 aliphatic carbocycles. The number of hydrogen-bond donors (Lipinski definition) is 2. The van der Waals surface area contributed by atoms with Gasteiger partial charge in [0.1, 0.15) is 35.7 Å². The molecular weight excluding hydrogens is 473 g/mol. The molecule has 2 aromatic carbocycles. The van der Waals surface area contributed by atoms with Crippen molar-refractivity contribution < 1.29 is 23.8 Å². The first-order chi connectivity index (χ1) is 16.6. The van der Waals surface area contributed by atoms with E-state index in [4.69, 9.17) is 26.2 Å². The fraction of sp³-hybridized carbons (Fsp3) is 0.346. The van der Waals surface area contributed by atoms with E-state index in [1.54, 1.807) is 6.92 Å². The van der Waals surface area contributed by atoms with E-state index in [-0.39, 0.29) is 28.4 Å². The number of nitrogens with zero attached hydrogens (tertiary/aromatic N) is 2. The van der Waals surface area contributed by atoms with E-state index in [1.165, 1.54) is 6.33 Å². The molecule has 1 amide bonds. The number of carbonyl (C=O) groups is 1. The molecule has 1 fully saturated rings. The maximum Gasteiger partial charge on any atom is 0.404 e. The molecular formula is C26H27ClFN3O4. The minimum atomic E-state index is -1.00. The van der Waals surface area contributed by atoms with Crippen LogP contribution in [0.4, 0.5) is 9.18 Å². The van der Waals surface area contributed by atoms with Gasteiger partial charge in [-0.3, -0.25) is 0 Å². The lowest BCUT2D eigenvalue weighted by atomic mass is 9.78. The van der Waals surface area contributed by atoms with Crippen LogP contribution < -0.4 is 14.8 Å². The Balaban J connectivity index is 1.38. The SMILES string of the molecule is CC(Oc1ccc(C(C)(C)c2ccc(OC3CC(NC(=O)O)C3)cc2)cc1)c1ncnc(Cl)c1F. The summed E-state index contributed by atoms with van der Waals surface area (Å²) in [6.45, 7) is 5.97. The van der Waals surface area contributed by atoms with Crippen molar-refractivity contribution >= 4 is 17.7 Å². The van der Waals surface area contributed by atoms with Crippen molar-refractivity contribution in [2.24, 2.45) is 0 Å². The number of aromatic nitrogens is 2. The molecule has 1 aliphatic rings. The Morgan fingerprint density at radius 1 is 1.09 bits per heavy atom. The van der Waals surface area contributed by atoms with Gasteiger partial charge in [0.15, 0.2) is 11.0 Å². The van der Waals surface area contributed by atoms with Gasteiger partial charge in [0.2, 0.25) is 0 Å². The summed E-state index contributed by atoms with van der Waals surface area (Å²) in [5, 5.41) is 11.0. The van der Waals surface area contributed by atoms with Crippen molar-refractivity contribution in [3.05, 3.63) is 82.6 Å². The van der Waals surface area contributed by atoms with Crippen molar-refractivity contribution in [3.63, 3.8) is 0 Å². The highest BCUT2D eigenvalue weighted by atomic mass is 35.5. The molecule has 0 bridgehead atoms. The summed E-state index contributed by atoms with van der Waals surface area (Å²) in [6.07, 6.45) is 0.939. The van der Waals surface area contributed by atoms with Gasteiger partial charge < -0.3 is 19.9 Å². The van der Waals surface area contributed by atoms with Crippen LogP contribution in [-0.4, -0.2) is 33.3 Å². The minimum absolute atomic E-state index is 0.0208. The van der Waals surface area contributed by atoms with E-state index in [2.05, 4.69) is 29.1 Å². The largest absolute Gasteiger partial charge is 0.490 e. The zero-order chi connectivity index (χ0) is 25.2. The van der Waals surface area contributed by atoms with Gasteiger partial charge >= 0.3 is 6.09 Å². The van der Waals surface area contributed by atoms with Gasteiger partial charge in [0.25, 0.3) is 0 Å². The number of carboxylic acid groups (broad SMARTS) is 1. The second kappa shape index (κ2) is 10.1.